The minimum atomic E-state index is -0.809. The molecule has 6 rings (SSSR count). The Labute approximate surface area is 222 Å². The predicted octanol–water partition coefficient (Wildman–Crippen LogP) is 4.71. The van der Waals surface area contributed by atoms with E-state index in [0.29, 0.717) is 22.0 Å². The highest BCUT2D eigenvalue weighted by Crippen LogP contribution is 2.51. The maximum Gasteiger partial charge on any atom is 0.327 e. The Balaban J connectivity index is 1.28. The van der Waals surface area contributed by atoms with Crippen LogP contribution in [0.2, 0.25) is 0 Å². The molecule has 4 heterocycles. The first-order chi connectivity index (χ1) is 18.4. The first-order valence-electron chi connectivity index (χ1n) is 12.4. The molecule has 3 amide bonds. The average Bonchev–Trinajstić information content (AvgIpc) is 3.27. The van der Waals surface area contributed by atoms with Gasteiger partial charge in [0.05, 0.1) is 17.4 Å². The molecule has 38 heavy (non-hydrogen) atoms. The molecule has 1 fully saturated rings. The zero-order chi connectivity index (χ0) is 26.4. The van der Waals surface area contributed by atoms with E-state index in [9.17, 15) is 18.4 Å². The third-order valence-electron chi connectivity index (χ3n) is 6.96. The van der Waals surface area contributed by atoms with E-state index in [1.807, 2.05) is 0 Å². The first-order valence-corrected chi connectivity index (χ1v) is 13.3. The number of hydrogen-bond acceptors (Lipinski definition) is 6. The largest absolute Gasteiger partial charge is 0.451 e. The number of benzene rings is 2. The van der Waals surface area contributed by atoms with Gasteiger partial charge in [-0.1, -0.05) is 17.8 Å². The number of carbonyl (C=O) groups excluding carboxylic acids is 2. The minimum absolute atomic E-state index is 0.0602. The number of amides is 3. The van der Waals surface area contributed by atoms with Crippen molar-refractivity contribution in [2.24, 2.45) is 0 Å². The molecule has 11 heteroatoms. The third kappa shape index (κ3) is 4.35. The van der Waals surface area contributed by atoms with Crippen molar-refractivity contribution >= 4 is 35.1 Å². The smallest absolute Gasteiger partial charge is 0.327 e. The summed E-state index contributed by atoms with van der Waals surface area (Å²) < 4.78 is 33.6. The fraction of sp³-hybridized carbons (Fsp3) is 0.296. The number of para-hydroxylation sites is 1. The van der Waals surface area contributed by atoms with Crippen molar-refractivity contribution in [3.63, 3.8) is 0 Å². The summed E-state index contributed by atoms with van der Waals surface area (Å²) in [6, 6.07) is 9.27. The van der Waals surface area contributed by atoms with Crippen molar-refractivity contribution in [1.29, 1.82) is 0 Å². The van der Waals surface area contributed by atoms with Crippen LogP contribution >= 0.6 is 11.8 Å². The SMILES string of the molecule is Cc1cc(Oc2c(F)cccc2F)ccc1N1C(=O)NC2c3c1ccnc3S[C@H]2C(=O)NC1CCCNC1. The number of pyridine rings is 1. The first kappa shape index (κ1) is 24.6. The summed E-state index contributed by atoms with van der Waals surface area (Å²) in [6.45, 7) is 3.46. The topological polar surface area (TPSA) is 95.6 Å². The highest BCUT2D eigenvalue weighted by atomic mass is 32.2. The quantitative estimate of drug-likeness (QED) is 0.437. The lowest BCUT2D eigenvalue weighted by Crippen LogP contribution is -2.52. The van der Waals surface area contributed by atoms with Crippen LogP contribution < -0.4 is 25.6 Å². The number of anilines is 2. The Morgan fingerprint density at radius 3 is 2.74 bits per heavy atom. The monoisotopic (exact) mass is 537 g/mol. The number of urea groups is 1. The van der Waals surface area contributed by atoms with Crippen LogP contribution in [0.4, 0.5) is 25.0 Å². The van der Waals surface area contributed by atoms with Gasteiger partial charge in [-0.05, 0) is 68.3 Å². The Kier molecular flexibility index (Phi) is 6.40. The molecule has 2 aromatic carbocycles. The summed E-state index contributed by atoms with van der Waals surface area (Å²) in [5.41, 5.74) is 2.67. The molecule has 196 valence electrons. The maximum absolute atomic E-state index is 14.1. The van der Waals surface area contributed by atoms with Crippen molar-refractivity contribution in [1.82, 2.24) is 20.9 Å². The standard InChI is InChI=1S/C27H25F2N5O3S/c1-14-12-16(37-23-17(28)5-2-6-18(23)29)7-8-19(14)34-20-9-11-31-26-21(20)22(33-27(34)36)24(38-26)25(35)32-15-4-3-10-30-13-15/h2,5-9,11-12,15,22,24,30H,3-4,10,13H2,1H3,(H,32,35)(H,33,36)/t15?,22?,24-/m1/s1. The summed E-state index contributed by atoms with van der Waals surface area (Å²) in [5.74, 6) is -2.00. The lowest BCUT2D eigenvalue weighted by molar-refractivity contribution is -0.121. The number of carbonyl (C=O) groups is 2. The maximum atomic E-state index is 14.1. The zero-order valence-electron chi connectivity index (χ0n) is 20.5. The van der Waals surface area contributed by atoms with Crippen LogP contribution in [0.25, 0.3) is 0 Å². The Bertz CT molecular complexity index is 1410. The van der Waals surface area contributed by atoms with Crippen LogP contribution in [-0.4, -0.2) is 41.3 Å². The lowest BCUT2D eigenvalue weighted by Gasteiger charge is -2.35. The highest BCUT2D eigenvalue weighted by molar-refractivity contribution is 8.01. The fourth-order valence-electron chi connectivity index (χ4n) is 5.16. The Hall–Kier alpha value is -3.70. The molecular weight excluding hydrogens is 512 g/mol. The highest BCUT2D eigenvalue weighted by Gasteiger charge is 2.47. The molecule has 1 saturated heterocycles. The summed E-state index contributed by atoms with van der Waals surface area (Å²) >= 11 is 1.35. The van der Waals surface area contributed by atoms with Gasteiger partial charge >= 0.3 is 6.03 Å². The normalized spacial score (nSPS) is 22.0. The summed E-state index contributed by atoms with van der Waals surface area (Å²) in [7, 11) is 0. The van der Waals surface area contributed by atoms with E-state index in [2.05, 4.69) is 20.9 Å². The molecule has 0 aliphatic carbocycles. The average molecular weight is 538 g/mol. The van der Waals surface area contributed by atoms with Crippen LogP contribution in [0.3, 0.4) is 0 Å². The van der Waals surface area contributed by atoms with E-state index in [-0.39, 0.29) is 23.7 Å². The van der Waals surface area contributed by atoms with Gasteiger partial charge in [0.1, 0.15) is 16.0 Å². The number of halogens is 2. The van der Waals surface area contributed by atoms with Crippen LogP contribution in [0, 0.1) is 18.6 Å². The number of ether oxygens (including phenoxy) is 1. The van der Waals surface area contributed by atoms with Gasteiger partial charge in [0.15, 0.2) is 17.4 Å². The van der Waals surface area contributed by atoms with Crippen molar-refractivity contribution < 1.29 is 23.1 Å². The predicted molar refractivity (Wildman–Crippen MR) is 139 cm³/mol. The summed E-state index contributed by atoms with van der Waals surface area (Å²) in [6.07, 6.45) is 3.55. The van der Waals surface area contributed by atoms with E-state index < -0.39 is 28.7 Å². The van der Waals surface area contributed by atoms with Crippen LogP contribution in [-0.2, 0) is 4.79 Å². The van der Waals surface area contributed by atoms with Gasteiger partial charge in [0.25, 0.3) is 0 Å². The molecule has 1 aromatic heterocycles. The molecule has 3 aromatic rings. The second kappa shape index (κ2) is 9.88. The third-order valence-corrected chi connectivity index (χ3v) is 8.24. The second-order valence-corrected chi connectivity index (χ2v) is 10.6. The van der Waals surface area contributed by atoms with Gasteiger partial charge < -0.3 is 20.7 Å². The van der Waals surface area contributed by atoms with Crippen LogP contribution in [0.1, 0.15) is 30.0 Å². The number of aromatic nitrogens is 1. The van der Waals surface area contributed by atoms with Gasteiger partial charge in [-0.25, -0.2) is 18.6 Å². The van der Waals surface area contributed by atoms with Gasteiger partial charge in [0, 0.05) is 24.3 Å². The lowest BCUT2D eigenvalue weighted by atomic mass is 9.99. The van der Waals surface area contributed by atoms with Crippen molar-refractivity contribution in [2.45, 2.75) is 42.1 Å². The zero-order valence-corrected chi connectivity index (χ0v) is 21.3. The van der Waals surface area contributed by atoms with Crippen LogP contribution in [0.5, 0.6) is 11.5 Å². The molecular formula is C27H25F2N5O3S. The molecule has 3 aliphatic rings. The molecule has 0 bridgehead atoms. The number of hydrogen-bond donors (Lipinski definition) is 3. The van der Waals surface area contributed by atoms with Gasteiger partial charge in [-0.3, -0.25) is 9.69 Å². The van der Waals surface area contributed by atoms with Crippen LogP contribution in [0.15, 0.2) is 53.7 Å². The fourth-order valence-corrected chi connectivity index (χ4v) is 6.40. The summed E-state index contributed by atoms with van der Waals surface area (Å²) in [4.78, 5) is 32.7. The minimum Gasteiger partial charge on any atom is -0.451 e. The van der Waals surface area contributed by atoms with E-state index in [1.165, 1.54) is 22.7 Å². The second-order valence-electron chi connectivity index (χ2n) is 9.50. The van der Waals surface area contributed by atoms with E-state index in [1.54, 1.807) is 37.4 Å². The van der Waals surface area contributed by atoms with Crippen molar-refractivity contribution in [3.8, 4) is 11.5 Å². The van der Waals surface area contributed by atoms with Gasteiger partial charge in [-0.15, -0.1) is 0 Å². The number of nitrogens with one attached hydrogen (secondary N) is 3. The van der Waals surface area contributed by atoms with Crippen molar-refractivity contribution in [2.75, 3.05) is 18.0 Å². The number of thioether (sulfide) groups is 1. The van der Waals surface area contributed by atoms with E-state index >= 15 is 0 Å². The molecule has 3 atom stereocenters. The summed E-state index contributed by atoms with van der Waals surface area (Å²) in [5, 5.41) is 9.60. The molecule has 3 aliphatic heterocycles. The molecule has 0 saturated carbocycles. The number of aryl methyl sites for hydroxylation is 1. The number of rotatable bonds is 5. The van der Waals surface area contributed by atoms with Gasteiger partial charge in [-0.2, -0.15) is 0 Å². The Morgan fingerprint density at radius 2 is 2.00 bits per heavy atom. The van der Waals surface area contributed by atoms with E-state index in [0.717, 1.165) is 43.6 Å². The number of piperidine rings is 1. The Morgan fingerprint density at radius 1 is 1.18 bits per heavy atom. The van der Waals surface area contributed by atoms with Gasteiger partial charge in [0.2, 0.25) is 5.91 Å². The molecule has 0 radical (unpaired) electrons. The molecule has 0 spiro atoms. The molecule has 3 N–H and O–H groups in total. The molecule has 2 unspecified atom stereocenters. The van der Waals surface area contributed by atoms with Crippen molar-refractivity contribution in [3.05, 3.63) is 71.4 Å². The van der Waals surface area contributed by atoms with E-state index in [4.69, 9.17) is 4.74 Å². The molecule has 8 nitrogen and oxygen atoms in total. The number of nitrogens with zero attached hydrogens (tertiary/aromatic N) is 2.